The molecular formula is C14H9BrF3N3. The van der Waals surface area contributed by atoms with E-state index in [-0.39, 0.29) is 10.3 Å². The molecular weight excluding hydrogens is 347 g/mol. The van der Waals surface area contributed by atoms with E-state index in [1.165, 1.54) is 24.2 Å². The van der Waals surface area contributed by atoms with Crippen molar-refractivity contribution in [1.82, 2.24) is 4.98 Å². The van der Waals surface area contributed by atoms with Gasteiger partial charge in [-0.2, -0.15) is 18.4 Å². The van der Waals surface area contributed by atoms with Gasteiger partial charge in [0.15, 0.2) is 0 Å². The summed E-state index contributed by atoms with van der Waals surface area (Å²) in [6.07, 6.45) is -3.22. The fraction of sp³-hybridized carbons (Fsp3) is 0.143. The summed E-state index contributed by atoms with van der Waals surface area (Å²) in [5.41, 5.74) is -0.0267. The topological polar surface area (TPSA) is 39.9 Å². The molecule has 0 spiro atoms. The molecule has 3 nitrogen and oxygen atoms in total. The first kappa shape index (κ1) is 15.3. The summed E-state index contributed by atoms with van der Waals surface area (Å²) in [6.45, 7) is 0. The number of nitrogens with zero attached hydrogens (tertiary/aromatic N) is 3. The number of pyridine rings is 1. The Morgan fingerprint density at radius 2 is 2.00 bits per heavy atom. The van der Waals surface area contributed by atoms with Crippen LogP contribution in [0.2, 0.25) is 0 Å². The number of anilines is 2. The largest absolute Gasteiger partial charge is 0.420 e. The molecule has 0 fully saturated rings. The number of rotatable bonds is 2. The van der Waals surface area contributed by atoms with Crippen molar-refractivity contribution in [1.29, 1.82) is 5.26 Å². The molecule has 2 rings (SSSR count). The second kappa shape index (κ2) is 5.74. The highest BCUT2D eigenvalue weighted by molar-refractivity contribution is 9.10. The molecule has 0 aliphatic heterocycles. The molecule has 0 radical (unpaired) electrons. The van der Waals surface area contributed by atoms with E-state index in [1.54, 1.807) is 18.2 Å². The minimum Gasteiger partial charge on any atom is -0.329 e. The minimum atomic E-state index is -4.52. The quantitative estimate of drug-likeness (QED) is 0.795. The number of aromatic nitrogens is 1. The molecule has 7 heteroatoms. The monoisotopic (exact) mass is 355 g/mol. The van der Waals surface area contributed by atoms with E-state index in [2.05, 4.69) is 20.9 Å². The van der Waals surface area contributed by atoms with Crippen LogP contribution in [-0.4, -0.2) is 12.0 Å². The third-order valence-corrected chi connectivity index (χ3v) is 3.25. The number of hydrogen-bond acceptors (Lipinski definition) is 3. The minimum absolute atomic E-state index is 0.221. The van der Waals surface area contributed by atoms with E-state index >= 15 is 0 Å². The molecule has 0 aliphatic carbocycles. The zero-order valence-corrected chi connectivity index (χ0v) is 12.4. The molecule has 0 unspecified atom stereocenters. The van der Waals surface area contributed by atoms with Crippen LogP contribution in [-0.2, 0) is 6.18 Å². The number of alkyl halides is 3. The molecule has 0 saturated carbocycles. The lowest BCUT2D eigenvalue weighted by atomic mass is 10.2. The number of halogens is 4. The highest BCUT2D eigenvalue weighted by Gasteiger charge is 2.36. The molecule has 0 atom stereocenters. The van der Waals surface area contributed by atoms with E-state index in [9.17, 15) is 13.2 Å². The van der Waals surface area contributed by atoms with Crippen molar-refractivity contribution in [2.45, 2.75) is 6.18 Å². The van der Waals surface area contributed by atoms with Crippen molar-refractivity contribution in [3.05, 3.63) is 52.1 Å². The van der Waals surface area contributed by atoms with Gasteiger partial charge in [-0.15, -0.1) is 0 Å². The third-order valence-electron chi connectivity index (χ3n) is 2.82. The van der Waals surface area contributed by atoms with E-state index in [0.29, 0.717) is 11.3 Å². The Kier molecular flexibility index (Phi) is 4.19. The zero-order valence-electron chi connectivity index (χ0n) is 10.8. The van der Waals surface area contributed by atoms with Crippen LogP contribution in [0.15, 0.2) is 41.0 Å². The first-order valence-electron chi connectivity index (χ1n) is 5.79. The van der Waals surface area contributed by atoms with Crippen LogP contribution >= 0.6 is 15.9 Å². The van der Waals surface area contributed by atoms with Gasteiger partial charge < -0.3 is 4.90 Å². The van der Waals surface area contributed by atoms with Crippen molar-refractivity contribution >= 4 is 27.4 Å². The standard InChI is InChI=1S/C14H9BrF3N3/c1-21(11-4-2-3-9(5-11)7-19)13-12(14(16,17)18)6-10(15)8-20-13/h2-6,8H,1H3. The molecule has 108 valence electrons. The summed E-state index contributed by atoms with van der Waals surface area (Å²) in [7, 11) is 1.47. The third kappa shape index (κ3) is 3.34. The van der Waals surface area contributed by atoms with Crippen LogP contribution in [0.3, 0.4) is 0 Å². The Hall–Kier alpha value is -2.07. The Balaban J connectivity index is 2.53. The van der Waals surface area contributed by atoms with Gasteiger partial charge in [0.05, 0.1) is 17.2 Å². The summed E-state index contributed by atoms with van der Waals surface area (Å²) in [5, 5.41) is 8.86. The van der Waals surface area contributed by atoms with Crippen LogP contribution < -0.4 is 4.90 Å². The Bertz CT molecular complexity index is 707. The molecule has 2 aromatic rings. The maximum Gasteiger partial charge on any atom is 0.420 e. The second-order valence-corrected chi connectivity index (χ2v) is 5.16. The first-order chi connectivity index (χ1) is 9.82. The lowest BCUT2D eigenvalue weighted by molar-refractivity contribution is -0.137. The SMILES string of the molecule is CN(c1cccc(C#N)c1)c1ncc(Br)cc1C(F)(F)F. The van der Waals surface area contributed by atoms with Crippen molar-refractivity contribution in [3.8, 4) is 6.07 Å². The maximum absolute atomic E-state index is 13.1. The number of nitriles is 1. The summed E-state index contributed by atoms with van der Waals surface area (Å²) >= 11 is 2.99. The van der Waals surface area contributed by atoms with Gasteiger partial charge >= 0.3 is 6.18 Å². The van der Waals surface area contributed by atoms with Crippen LogP contribution in [0.5, 0.6) is 0 Å². The Morgan fingerprint density at radius 3 is 2.62 bits per heavy atom. The van der Waals surface area contributed by atoms with Crippen LogP contribution in [0.25, 0.3) is 0 Å². The fourth-order valence-corrected chi connectivity index (χ4v) is 2.15. The molecule has 0 amide bonds. The molecule has 0 N–H and O–H groups in total. The normalized spacial score (nSPS) is 11.0. The highest BCUT2D eigenvalue weighted by Crippen LogP contribution is 2.38. The van der Waals surface area contributed by atoms with E-state index < -0.39 is 11.7 Å². The van der Waals surface area contributed by atoms with Gasteiger partial charge in [0.2, 0.25) is 0 Å². The predicted octanol–water partition coefficient (Wildman–Crippen LogP) is 4.50. The lowest BCUT2D eigenvalue weighted by Gasteiger charge is -2.22. The average Bonchev–Trinajstić information content (AvgIpc) is 2.45. The summed E-state index contributed by atoms with van der Waals surface area (Å²) in [5.74, 6) is -0.221. The van der Waals surface area contributed by atoms with E-state index in [1.807, 2.05) is 6.07 Å². The Labute approximate surface area is 127 Å². The van der Waals surface area contributed by atoms with Gasteiger partial charge in [-0.3, -0.25) is 0 Å². The maximum atomic E-state index is 13.1. The van der Waals surface area contributed by atoms with Gasteiger partial charge in [-0.1, -0.05) is 6.07 Å². The molecule has 0 aliphatic rings. The van der Waals surface area contributed by atoms with Crippen molar-refractivity contribution < 1.29 is 13.2 Å². The number of hydrogen-bond donors (Lipinski definition) is 0. The van der Waals surface area contributed by atoms with E-state index in [0.717, 1.165) is 6.07 Å². The molecule has 21 heavy (non-hydrogen) atoms. The zero-order chi connectivity index (χ0) is 15.6. The van der Waals surface area contributed by atoms with Gasteiger partial charge in [-0.25, -0.2) is 4.98 Å². The smallest absolute Gasteiger partial charge is 0.329 e. The van der Waals surface area contributed by atoms with Crippen LogP contribution in [0, 0.1) is 11.3 Å². The van der Waals surface area contributed by atoms with Crippen LogP contribution in [0.4, 0.5) is 24.7 Å². The molecule has 1 aromatic heterocycles. The molecule has 0 saturated heterocycles. The van der Waals surface area contributed by atoms with Crippen molar-refractivity contribution in [2.75, 3.05) is 11.9 Å². The van der Waals surface area contributed by atoms with Gasteiger partial charge in [0.25, 0.3) is 0 Å². The predicted molar refractivity (Wildman–Crippen MR) is 76.2 cm³/mol. The van der Waals surface area contributed by atoms with Gasteiger partial charge in [-0.05, 0) is 40.2 Å². The molecule has 0 bridgehead atoms. The fourth-order valence-electron chi connectivity index (χ4n) is 1.81. The van der Waals surface area contributed by atoms with Gasteiger partial charge in [0, 0.05) is 23.4 Å². The molecule has 1 aromatic carbocycles. The van der Waals surface area contributed by atoms with Crippen molar-refractivity contribution in [3.63, 3.8) is 0 Å². The second-order valence-electron chi connectivity index (χ2n) is 4.24. The lowest BCUT2D eigenvalue weighted by Crippen LogP contribution is -2.18. The average molecular weight is 356 g/mol. The summed E-state index contributed by atoms with van der Waals surface area (Å²) in [4.78, 5) is 5.15. The molecule has 1 heterocycles. The van der Waals surface area contributed by atoms with Crippen molar-refractivity contribution in [2.24, 2.45) is 0 Å². The number of benzene rings is 1. The summed E-state index contributed by atoms with van der Waals surface area (Å²) in [6, 6.07) is 9.24. The Morgan fingerprint density at radius 1 is 1.29 bits per heavy atom. The highest BCUT2D eigenvalue weighted by atomic mass is 79.9. The van der Waals surface area contributed by atoms with E-state index in [4.69, 9.17) is 5.26 Å². The summed E-state index contributed by atoms with van der Waals surface area (Å²) < 4.78 is 39.6. The first-order valence-corrected chi connectivity index (χ1v) is 6.59. The van der Waals surface area contributed by atoms with Gasteiger partial charge in [0.1, 0.15) is 5.82 Å². The van der Waals surface area contributed by atoms with Crippen LogP contribution in [0.1, 0.15) is 11.1 Å².